The smallest absolute Gasteiger partial charge is 0.137 e. The van der Waals surface area contributed by atoms with Crippen molar-refractivity contribution in [1.82, 2.24) is 19.1 Å². The topological polar surface area (TPSA) is 35.6 Å². The molecule has 0 N–H and O–H groups in total. The Bertz CT molecular complexity index is 2880. The molecular formula is C55H48N4. The maximum atomic E-state index is 5.81. The van der Waals surface area contributed by atoms with Crippen LogP contribution in [0, 0.1) is 0 Å². The zero-order valence-electron chi connectivity index (χ0n) is 34.6. The minimum Gasteiger partial charge on any atom is -0.294 e. The van der Waals surface area contributed by atoms with Crippen LogP contribution in [0.25, 0.3) is 55.2 Å². The molecule has 10 rings (SSSR count). The van der Waals surface area contributed by atoms with Crippen molar-refractivity contribution in [2.45, 2.75) is 57.8 Å². The van der Waals surface area contributed by atoms with Gasteiger partial charge in [0.15, 0.2) is 0 Å². The monoisotopic (exact) mass is 764 g/mol. The van der Waals surface area contributed by atoms with Gasteiger partial charge in [-0.15, -0.1) is 0 Å². The van der Waals surface area contributed by atoms with Crippen LogP contribution in [0.3, 0.4) is 0 Å². The van der Waals surface area contributed by atoms with Crippen LogP contribution < -0.4 is 0 Å². The van der Waals surface area contributed by atoms with E-state index in [1.54, 1.807) is 0 Å². The number of benzene rings is 6. The summed E-state index contributed by atoms with van der Waals surface area (Å²) in [6.45, 7) is 13.7. The Morgan fingerprint density at radius 1 is 0.322 bits per heavy atom. The number of aromatic nitrogens is 4. The zero-order chi connectivity index (χ0) is 40.5. The molecule has 0 saturated carbocycles. The van der Waals surface area contributed by atoms with E-state index in [1.165, 1.54) is 32.7 Å². The summed E-state index contributed by atoms with van der Waals surface area (Å²) < 4.78 is 4.63. The summed E-state index contributed by atoms with van der Waals surface area (Å²) in [4.78, 5) is 11.6. The van der Waals surface area contributed by atoms with E-state index in [-0.39, 0.29) is 10.8 Å². The molecule has 0 radical (unpaired) electrons. The summed E-state index contributed by atoms with van der Waals surface area (Å²) in [6, 6.07) is 65.9. The summed E-state index contributed by atoms with van der Waals surface area (Å²) in [5.41, 5.74) is 9.95. The molecule has 0 unspecified atom stereocenters. The predicted octanol–water partition coefficient (Wildman–Crippen LogP) is 13.6. The van der Waals surface area contributed by atoms with E-state index in [0.717, 1.165) is 56.2 Å². The van der Waals surface area contributed by atoms with Gasteiger partial charge >= 0.3 is 0 Å². The Kier molecular flexibility index (Phi) is 8.47. The number of nitrogens with zero attached hydrogens (tertiary/aromatic N) is 4. The largest absolute Gasteiger partial charge is 0.294 e. The molecule has 4 aromatic heterocycles. The van der Waals surface area contributed by atoms with Gasteiger partial charge in [-0.25, -0.2) is 9.97 Å². The van der Waals surface area contributed by atoms with E-state index in [9.17, 15) is 0 Å². The molecule has 0 aliphatic heterocycles. The van der Waals surface area contributed by atoms with Crippen molar-refractivity contribution in [3.63, 3.8) is 0 Å². The average Bonchev–Trinajstić information content (AvgIpc) is 3.77. The molecule has 0 amide bonds. The molecule has 0 bridgehead atoms. The van der Waals surface area contributed by atoms with Crippen LogP contribution in [0.2, 0.25) is 0 Å². The van der Waals surface area contributed by atoms with E-state index < -0.39 is 5.41 Å². The lowest BCUT2D eigenvalue weighted by atomic mass is 9.67. The molecule has 0 saturated heterocycles. The molecule has 0 aliphatic rings. The van der Waals surface area contributed by atoms with Gasteiger partial charge in [0, 0.05) is 21.5 Å². The first-order chi connectivity index (χ1) is 28.5. The fraction of sp³-hybridized carbons (Fsp3) is 0.164. The van der Waals surface area contributed by atoms with Gasteiger partial charge in [0.1, 0.15) is 17.1 Å². The molecule has 6 aromatic carbocycles. The minimum atomic E-state index is -0.925. The second kappa shape index (κ2) is 13.7. The van der Waals surface area contributed by atoms with Gasteiger partial charge < -0.3 is 0 Å². The van der Waals surface area contributed by atoms with Crippen LogP contribution in [0.5, 0.6) is 0 Å². The van der Waals surface area contributed by atoms with Crippen molar-refractivity contribution in [2.75, 3.05) is 0 Å². The molecule has 4 heterocycles. The molecule has 59 heavy (non-hydrogen) atoms. The van der Waals surface area contributed by atoms with E-state index in [0.29, 0.717) is 0 Å². The first-order valence-electron chi connectivity index (χ1n) is 20.7. The minimum absolute atomic E-state index is 0.0918. The second-order valence-electron chi connectivity index (χ2n) is 17.9. The Labute approximate surface area is 346 Å². The third-order valence-corrected chi connectivity index (χ3v) is 12.2. The number of hydrogen-bond acceptors (Lipinski definition) is 2. The lowest BCUT2D eigenvalue weighted by Crippen LogP contribution is -2.34. The quantitative estimate of drug-likeness (QED) is 0.169. The van der Waals surface area contributed by atoms with Gasteiger partial charge in [-0.1, -0.05) is 175 Å². The predicted molar refractivity (Wildman–Crippen MR) is 246 cm³/mol. The SMILES string of the molecule is CC(C)(C)c1cccc(C(c2cccc(C(C)(C)C)c2)(c2cccc(-n3c4ccccc4c4ccccc43)n2)c2cccc(-n3c4ccccc4c4ccccc43)n2)c1. The van der Waals surface area contributed by atoms with Gasteiger partial charge in [0.25, 0.3) is 0 Å². The number of rotatable bonds is 6. The molecule has 4 heteroatoms. The van der Waals surface area contributed by atoms with Crippen molar-refractivity contribution in [1.29, 1.82) is 0 Å². The molecule has 0 spiro atoms. The van der Waals surface area contributed by atoms with Crippen molar-refractivity contribution >= 4 is 43.6 Å². The van der Waals surface area contributed by atoms with Crippen LogP contribution in [-0.4, -0.2) is 19.1 Å². The highest BCUT2D eigenvalue weighted by molar-refractivity contribution is 6.10. The first kappa shape index (κ1) is 36.6. The van der Waals surface area contributed by atoms with Crippen LogP contribution in [-0.2, 0) is 16.2 Å². The fourth-order valence-electron chi connectivity index (χ4n) is 9.18. The maximum absolute atomic E-state index is 5.81. The summed E-state index contributed by atoms with van der Waals surface area (Å²) >= 11 is 0. The van der Waals surface area contributed by atoms with E-state index >= 15 is 0 Å². The molecule has 0 fully saturated rings. The molecule has 288 valence electrons. The van der Waals surface area contributed by atoms with E-state index in [1.807, 2.05) is 0 Å². The van der Waals surface area contributed by atoms with Crippen molar-refractivity contribution < 1.29 is 0 Å². The lowest BCUT2D eigenvalue weighted by Gasteiger charge is -2.37. The summed E-state index contributed by atoms with van der Waals surface area (Å²) in [5.74, 6) is 1.73. The van der Waals surface area contributed by atoms with Gasteiger partial charge in [-0.2, -0.15) is 0 Å². The van der Waals surface area contributed by atoms with E-state index in [4.69, 9.17) is 9.97 Å². The van der Waals surface area contributed by atoms with Crippen molar-refractivity contribution in [2.24, 2.45) is 0 Å². The Morgan fingerprint density at radius 3 is 0.966 bits per heavy atom. The van der Waals surface area contributed by atoms with Gasteiger partial charge in [0.05, 0.1) is 33.5 Å². The zero-order valence-corrected chi connectivity index (χ0v) is 34.6. The molecular weight excluding hydrogens is 717 g/mol. The normalized spacial score (nSPS) is 12.6. The highest BCUT2D eigenvalue weighted by atomic mass is 15.1. The number of fused-ring (bicyclic) bond motifs is 6. The number of hydrogen-bond donors (Lipinski definition) is 0. The highest BCUT2D eigenvalue weighted by Crippen LogP contribution is 2.47. The molecule has 4 nitrogen and oxygen atoms in total. The van der Waals surface area contributed by atoms with Crippen LogP contribution in [0.15, 0.2) is 182 Å². The lowest BCUT2D eigenvalue weighted by molar-refractivity contribution is 0.581. The number of para-hydroxylation sites is 4. The Hall–Kier alpha value is -6.78. The van der Waals surface area contributed by atoms with Gasteiger partial charge in [0.2, 0.25) is 0 Å². The molecule has 0 aliphatic carbocycles. The third-order valence-electron chi connectivity index (χ3n) is 12.2. The van der Waals surface area contributed by atoms with Crippen molar-refractivity contribution in [3.8, 4) is 11.6 Å². The number of pyridine rings is 2. The van der Waals surface area contributed by atoms with Crippen molar-refractivity contribution in [3.05, 3.63) is 216 Å². The summed E-state index contributed by atoms with van der Waals surface area (Å²) in [6.07, 6.45) is 0. The Balaban J connectivity index is 1.34. The van der Waals surface area contributed by atoms with Crippen LogP contribution >= 0.6 is 0 Å². The summed E-state index contributed by atoms with van der Waals surface area (Å²) in [5, 5.41) is 4.83. The van der Waals surface area contributed by atoms with Crippen LogP contribution in [0.1, 0.15) is 75.2 Å². The fourth-order valence-corrected chi connectivity index (χ4v) is 9.18. The summed E-state index contributed by atoms with van der Waals surface area (Å²) in [7, 11) is 0. The maximum Gasteiger partial charge on any atom is 0.137 e. The first-order valence-corrected chi connectivity index (χ1v) is 20.7. The standard InChI is InChI=1S/C55H48N4/c1-53(2,3)37-19-15-21-39(35-37)55(40-22-16-20-38(36-40)54(4,5)6,49-31-17-33-51(56-49)58-45-27-11-7-23-41(45)42-24-8-12-28-46(42)58)50-32-18-34-52(57-50)59-47-29-13-9-25-43(47)44-26-10-14-30-48(44)59/h7-36H,1-6H3. The average molecular weight is 765 g/mol. The third kappa shape index (κ3) is 5.88. The molecule has 0 atom stereocenters. The second-order valence-corrected chi connectivity index (χ2v) is 17.9. The highest BCUT2D eigenvalue weighted by Gasteiger charge is 2.43. The van der Waals surface area contributed by atoms with Gasteiger partial charge in [-0.3, -0.25) is 9.13 Å². The van der Waals surface area contributed by atoms with E-state index in [2.05, 4.69) is 233 Å². The van der Waals surface area contributed by atoms with Gasteiger partial charge in [-0.05, 0) is 81.6 Å². The molecule has 10 aromatic rings. The van der Waals surface area contributed by atoms with Crippen LogP contribution in [0.4, 0.5) is 0 Å². The Morgan fingerprint density at radius 2 is 0.627 bits per heavy atom.